The Labute approximate surface area is 94.9 Å². The molecule has 1 atom stereocenters. The molecule has 0 N–H and O–H groups in total. The van der Waals surface area contributed by atoms with Crippen molar-refractivity contribution < 1.29 is 9.15 Å². The van der Waals surface area contributed by atoms with Gasteiger partial charge in [-0.1, -0.05) is 36.3 Å². The first-order valence-corrected chi connectivity index (χ1v) is 5.00. The lowest BCUT2D eigenvalue weighted by molar-refractivity contribution is 0.294. The largest absolute Gasteiger partial charge is 0.468 e. The second kappa shape index (κ2) is 4.59. The van der Waals surface area contributed by atoms with Gasteiger partial charge in [0.1, 0.15) is 11.7 Å². The van der Waals surface area contributed by atoms with Gasteiger partial charge in [0, 0.05) is 6.07 Å². The van der Waals surface area contributed by atoms with Gasteiger partial charge in [-0.15, -0.1) is 6.42 Å². The number of methoxy groups -OCH3 is 1. The summed E-state index contributed by atoms with van der Waals surface area (Å²) in [5.74, 6) is 3.77. The van der Waals surface area contributed by atoms with Crippen molar-refractivity contribution in [3.05, 3.63) is 53.8 Å². The maximum Gasteiger partial charge on any atom is 0.284 e. The molecule has 0 amide bonds. The first-order valence-electron chi connectivity index (χ1n) is 5.00. The quantitative estimate of drug-likeness (QED) is 0.729. The average molecular weight is 212 g/mol. The first-order chi connectivity index (χ1) is 7.85. The number of rotatable bonds is 3. The number of furan rings is 1. The molecule has 1 unspecified atom stereocenters. The van der Waals surface area contributed by atoms with Crippen LogP contribution < -0.4 is 4.74 Å². The Morgan fingerprint density at radius 1 is 1.19 bits per heavy atom. The Morgan fingerprint density at radius 2 is 1.94 bits per heavy atom. The van der Waals surface area contributed by atoms with Gasteiger partial charge >= 0.3 is 0 Å². The highest BCUT2D eigenvalue weighted by Crippen LogP contribution is 2.27. The third-order valence-electron chi connectivity index (χ3n) is 2.39. The third kappa shape index (κ3) is 1.94. The van der Waals surface area contributed by atoms with E-state index >= 15 is 0 Å². The maximum absolute atomic E-state index is 5.54. The van der Waals surface area contributed by atoms with Gasteiger partial charge < -0.3 is 9.15 Å². The van der Waals surface area contributed by atoms with Gasteiger partial charge in [0.05, 0.1) is 7.11 Å². The molecule has 0 fully saturated rings. The molecule has 0 saturated carbocycles. The van der Waals surface area contributed by atoms with Crippen LogP contribution in [0.1, 0.15) is 17.2 Å². The summed E-state index contributed by atoms with van der Waals surface area (Å²) in [5.41, 5.74) is 1.04. The molecule has 0 aliphatic rings. The molecule has 0 bridgehead atoms. The van der Waals surface area contributed by atoms with Gasteiger partial charge in [-0.05, 0) is 11.6 Å². The summed E-state index contributed by atoms with van der Waals surface area (Å²) in [5, 5.41) is 0. The summed E-state index contributed by atoms with van der Waals surface area (Å²) >= 11 is 0. The Morgan fingerprint density at radius 3 is 2.50 bits per heavy atom. The fourth-order valence-electron chi connectivity index (χ4n) is 1.59. The van der Waals surface area contributed by atoms with Crippen LogP contribution in [0.3, 0.4) is 0 Å². The Kier molecular flexibility index (Phi) is 2.98. The van der Waals surface area contributed by atoms with Crippen LogP contribution in [0.15, 0.2) is 46.9 Å². The van der Waals surface area contributed by atoms with Crippen molar-refractivity contribution in [1.82, 2.24) is 0 Å². The zero-order chi connectivity index (χ0) is 11.4. The predicted octanol–water partition coefficient (Wildman–Crippen LogP) is 3.05. The second-order valence-corrected chi connectivity index (χ2v) is 3.37. The summed E-state index contributed by atoms with van der Waals surface area (Å²) in [6.07, 6.45) is 5.54. The van der Waals surface area contributed by atoms with Crippen LogP contribution in [0.25, 0.3) is 0 Å². The van der Waals surface area contributed by atoms with Gasteiger partial charge in [0.25, 0.3) is 5.95 Å². The molecule has 0 aliphatic heterocycles. The van der Waals surface area contributed by atoms with E-state index in [0.29, 0.717) is 5.95 Å². The molecule has 1 aromatic carbocycles. The Hall–Kier alpha value is -2.14. The minimum Gasteiger partial charge on any atom is -0.468 e. The first kappa shape index (κ1) is 10.4. The summed E-state index contributed by atoms with van der Waals surface area (Å²) in [6.45, 7) is 0. The summed E-state index contributed by atoms with van der Waals surface area (Å²) in [6, 6.07) is 13.5. The molecule has 1 heterocycles. The number of hydrogen-bond acceptors (Lipinski definition) is 2. The lowest BCUT2D eigenvalue weighted by Gasteiger charge is -2.07. The standard InChI is InChI=1S/C14H12O2/c1-3-12(11-7-5-4-6-8-11)13-9-10-14(15-2)16-13/h1,4-10,12H,2H3. The Balaban J connectivity index is 2.34. The van der Waals surface area contributed by atoms with Gasteiger partial charge in [-0.3, -0.25) is 0 Å². The van der Waals surface area contributed by atoms with Crippen molar-refractivity contribution in [3.8, 4) is 18.3 Å². The highest BCUT2D eigenvalue weighted by molar-refractivity contribution is 5.35. The highest BCUT2D eigenvalue weighted by atomic mass is 16.6. The molecule has 0 aliphatic carbocycles. The van der Waals surface area contributed by atoms with Crippen LogP contribution in [0.4, 0.5) is 0 Å². The van der Waals surface area contributed by atoms with Gasteiger partial charge in [0.15, 0.2) is 0 Å². The fraction of sp³-hybridized carbons (Fsp3) is 0.143. The van der Waals surface area contributed by atoms with Crippen molar-refractivity contribution in [2.24, 2.45) is 0 Å². The highest BCUT2D eigenvalue weighted by Gasteiger charge is 2.15. The lowest BCUT2D eigenvalue weighted by atomic mass is 9.98. The molecule has 0 radical (unpaired) electrons. The number of benzene rings is 1. The molecule has 1 aromatic heterocycles. The molecule has 0 saturated heterocycles. The van der Waals surface area contributed by atoms with Crippen LogP contribution in [-0.4, -0.2) is 7.11 Å². The molecule has 0 spiro atoms. The zero-order valence-corrected chi connectivity index (χ0v) is 9.01. The van der Waals surface area contributed by atoms with Crippen LogP contribution in [0.5, 0.6) is 5.95 Å². The van der Waals surface area contributed by atoms with Crippen molar-refractivity contribution in [2.45, 2.75) is 5.92 Å². The van der Waals surface area contributed by atoms with Gasteiger partial charge in [-0.25, -0.2) is 0 Å². The smallest absolute Gasteiger partial charge is 0.284 e. The van der Waals surface area contributed by atoms with E-state index in [-0.39, 0.29) is 5.92 Å². The van der Waals surface area contributed by atoms with Crippen LogP contribution in [-0.2, 0) is 0 Å². The molecule has 2 nitrogen and oxygen atoms in total. The van der Waals surface area contributed by atoms with Crippen molar-refractivity contribution >= 4 is 0 Å². The van der Waals surface area contributed by atoms with E-state index in [0.717, 1.165) is 11.3 Å². The maximum atomic E-state index is 5.54. The average Bonchev–Trinajstić information content (AvgIpc) is 2.80. The van der Waals surface area contributed by atoms with E-state index in [9.17, 15) is 0 Å². The van der Waals surface area contributed by atoms with Gasteiger partial charge in [0.2, 0.25) is 0 Å². The molecule has 16 heavy (non-hydrogen) atoms. The van der Waals surface area contributed by atoms with E-state index in [1.807, 2.05) is 36.4 Å². The summed E-state index contributed by atoms with van der Waals surface area (Å²) < 4.78 is 10.5. The number of hydrogen-bond donors (Lipinski definition) is 0. The fourth-order valence-corrected chi connectivity index (χ4v) is 1.59. The molecule has 2 aromatic rings. The number of terminal acetylenes is 1. The monoisotopic (exact) mass is 212 g/mol. The lowest BCUT2D eigenvalue weighted by Crippen LogP contribution is -1.95. The van der Waals surface area contributed by atoms with Crippen LogP contribution in [0, 0.1) is 12.3 Å². The van der Waals surface area contributed by atoms with Crippen molar-refractivity contribution in [2.75, 3.05) is 7.11 Å². The van der Waals surface area contributed by atoms with Crippen LogP contribution >= 0.6 is 0 Å². The Bertz CT molecular complexity index is 491. The molecular formula is C14H12O2. The van der Waals surface area contributed by atoms with Gasteiger partial charge in [-0.2, -0.15) is 0 Å². The van der Waals surface area contributed by atoms with Crippen molar-refractivity contribution in [3.63, 3.8) is 0 Å². The zero-order valence-electron chi connectivity index (χ0n) is 9.01. The van der Waals surface area contributed by atoms with E-state index in [2.05, 4.69) is 5.92 Å². The van der Waals surface area contributed by atoms with E-state index < -0.39 is 0 Å². The second-order valence-electron chi connectivity index (χ2n) is 3.37. The van der Waals surface area contributed by atoms with E-state index in [1.54, 1.807) is 13.2 Å². The topological polar surface area (TPSA) is 22.4 Å². The van der Waals surface area contributed by atoms with E-state index in [4.69, 9.17) is 15.6 Å². The molecule has 2 rings (SSSR count). The minimum absolute atomic E-state index is 0.162. The summed E-state index contributed by atoms with van der Waals surface area (Å²) in [7, 11) is 1.57. The molecular weight excluding hydrogens is 200 g/mol. The SMILES string of the molecule is C#CC(c1ccccc1)c1ccc(OC)o1. The normalized spacial score (nSPS) is 11.8. The minimum atomic E-state index is -0.162. The molecule has 2 heteroatoms. The van der Waals surface area contributed by atoms with Crippen molar-refractivity contribution in [1.29, 1.82) is 0 Å². The van der Waals surface area contributed by atoms with E-state index in [1.165, 1.54) is 0 Å². The predicted molar refractivity (Wildman–Crippen MR) is 62.4 cm³/mol. The third-order valence-corrected chi connectivity index (χ3v) is 2.39. The molecule has 80 valence electrons. The summed E-state index contributed by atoms with van der Waals surface area (Å²) in [4.78, 5) is 0. The van der Waals surface area contributed by atoms with Crippen LogP contribution in [0.2, 0.25) is 0 Å². The number of ether oxygens (including phenoxy) is 1.